The second kappa shape index (κ2) is 8.73. The Morgan fingerprint density at radius 2 is 1.52 bits per heavy atom. The van der Waals surface area contributed by atoms with E-state index in [0.717, 1.165) is 12.2 Å². The van der Waals surface area contributed by atoms with Gasteiger partial charge in [0, 0.05) is 0 Å². The van der Waals surface area contributed by atoms with E-state index in [1.807, 2.05) is 12.1 Å². The van der Waals surface area contributed by atoms with Crippen LogP contribution in [0.1, 0.15) is 11.3 Å². The first-order chi connectivity index (χ1) is 13.3. The molecule has 4 rings (SSSR count). The number of benzene rings is 3. The standard InChI is InChI=1S/C23H19NOSe2/c1-25-19-14-12-17(13-15-19)16-21-23(26-20-10-6-3-7-11-20)27-22(24-21)18-8-4-2-5-9-18/h2-15H,16H2,1H3. The predicted molar refractivity (Wildman–Crippen MR) is 114 cm³/mol. The zero-order valence-corrected chi connectivity index (χ0v) is 18.4. The number of hydrogen-bond donors (Lipinski definition) is 0. The molecule has 0 atom stereocenters. The molecule has 0 saturated heterocycles. The molecule has 134 valence electrons. The Kier molecular flexibility index (Phi) is 5.91. The van der Waals surface area contributed by atoms with Crippen molar-refractivity contribution >= 4 is 37.3 Å². The van der Waals surface area contributed by atoms with Crippen LogP contribution in [0.5, 0.6) is 5.75 Å². The SMILES string of the molecule is COc1ccc(Cc2nc(-c3ccccc3)[se]c2[Se]c2ccccc2)cc1. The first kappa shape index (κ1) is 18.3. The Labute approximate surface area is 172 Å². The molecule has 0 fully saturated rings. The summed E-state index contributed by atoms with van der Waals surface area (Å²) in [6.07, 6.45) is 0.881. The zero-order valence-electron chi connectivity index (χ0n) is 15.0. The van der Waals surface area contributed by atoms with E-state index in [4.69, 9.17) is 9.72 Å². The minimum absolute atomic E-state index is 0.291. The first-order valence-corrected chi connectivity index (χ1v) is 12.2. The van der Waals surface area contributed by atoms with Gasteiger partial charge in [-0.2, -0.15) is 0 Å². The normalized spacial score (nSPS) is 10.7. The van der Waals surface area contributed by atoms with Gasteiger partial charge in [-0.15, -0.1) is 0 Å². The molecule has 3 aromatic carbocycles. The molecule has 0 unspecified atom stereocenters. The van der Waals surface area contributed by atoms with E-state index in [0.29, 0.717) is 29.5 Å². The summed E-state index contributed by atoms with van der Waals surface area (Å²) in [5, 5.41) is 0. The van der Waals surface area contributed by atoms with Crippen LogP contribution in [0.15, 0.2) is 84.9 Å². The van der Waals surface area contributed by atoms with Gasteiger partial charge in [0.2, 0.25) is 0 Å². The van der Waals surface area contributed by atoms with Crippen molar-refractivity contribution in [2.24, 2.45) is 0 Å². The summed E-state index contributed by atoms with van der Waals surface area (Å²) < 4.78 is 9.48. The maximum atomic E-state index is 5.28. The third-order valence-electron chi connectivity index (χ3n) is 4.17. The molecule has 4 heteroatoms. The minimum atomic E-state index is 0.291. The van der Waals surface area contributed by atoms with Crippen LogP contribution in [0.4, 0.5) is 0 Å². The molecule has 0 aliphatic rings. The average molecular weight is 483 g/mol. The van der Waals surface area contributed by atoms with E-state index >= 15 is 0 Å². The number of nitrogens with zero attached hydrogens (tertiary/aromatic N) is 1. The van der Waals surface area contributed by atoms with Crippen LogP contribution < -0.4 is 12.5 Å². The summed E-state index contributed by atoms with van der Waals surface area (Å²) in [7, 11) is 1.70. The van der Waals surface area contributed by atoms with Gasteiger partial charge in [-0.05, 0) is 0 Å². The Balaban J connectivity index is 1.67. The number of ether oxygens (including phenoxy) is 1. The van der Waals surface area contributed by atoms with Crippen LogP contribution in [0, 0.1) is 0 Å². The molecular weight excluding hydrogens is 464 g/mol. The van der Waals surface area contributed by atoms with Crippen LogP contribution >= 0.6 is 0 Å². The van der Waals surface area contributed by atoms with Crippen LogP contribution in [0.3, 0.4) is 0 Å². The monoisotopic (exact) mass is 485 g/mol. The Morgan fingerprint density at radius 1 is 0.852 bits per heavy atom. The molecule has 4 aromatic rings. The molecule has 0 spiro atoms. The van der Waals surface area contributed by atoms with Crippen LogP contribution in [-0.4, -0.2) is 41.6 Å². The van der Waals surface area contributed by atoms with Gasteiger partial charge < -0.3 is 0 Å². The van der Waals surface area contributed by atoms with Gasteiger partial charge in [-0.3, -0.25) is 0 Å². The van der Waals surface area contributed by atoms with Gasteiger partial charge in [-0.25, -0.2) is 0 Å². The zero-order chi connectivity index (χ0) is 18.5. The molecule has 0 radical (unpaired) electrons. The van der Waals surface area contributed by atoms with E-state index < -0.39 is 0 Å². The number of aromatic nitrogens is 1. The topological polar surface area (TPSA) is 22.1 Å². The van der Waals surface area contributed by atoms with E-state index in [9.17, 15) is 0 Å². The maximum absolute atomic E-state index is 5.28. The second-order valence-electron chi connectivity index (χ2n) is 6.06. The molecule has 1 heterocycles. The van der Waals surface area contributed by atoms with Gasteiger partial charge in [0.15, 0.2) is 0 Å². The Hall–Kier alpha value is -2.09. The van der Waals surface area contributed by atoms with Crippen molar-refractivity contribution < 1.29 is 4.74 Å². The summed E-state index contributed by atoms with van der Waals surface area (Å²) in [6.45, 7) is 0. The van der Waals surface area contributed by atoms with Crippen molar-refractivity contribution in [2.45, 2.75) is 6.42 Å². The van der Waals surface area contributed by atoms with Crippen molar-refractivity contribution in [3.05, 3.63) is 96.2 Å². The molecule has 0 bridgehead atoms. The van der Waals surface area contributed by atoms with Crippen LogP contribution in [0.25, 0.3) is 10.1 Å². The third kappa shape index (κ3) is 4.61. The van der Waals surface area contributed by atoms with Gasteiger partial charge in [0.1, 0.15) is 0 Å². The molecule has 0 aliphatic heterocycles. The molecule has 2 nitrogen and oxygen atoms in total. The second-order valence-corrected chi connectivity index (χ2v) is 11.7. The molecule has 0 N–H and O–H groups in total. The molecule has 0 aliphatic carbocycles. The van der Waals surface area contributed by atoms with Gasteiger partial charge in [0.05, 0.1) is 0 Å². The summed E-state index contributed by atoms with van der Waals surface area (Å²) in [5.41, 5.74) is 3.78. The quantitative estimate of drug-likeness (QED) is 0.394. The Morgan fingerprint density at radius 3 is 2.19 bits per heavy atom. The van der Waals surface area contributed by atoms with Crippen molar-refractivity contribution in [2.75, 3.05) is 7.11 Å². The fourth-order valence-corrected chi connectivity index (χ4v) is 8.50. The molecule has 0 amide bonds. The van der Waals surface area contributed by atoms with Gasteiger partial charge in [0.25, 0.3) is 0 Å². The first-order valence-electron chi connectivity index (χ1n) is 8.73. The van der Waals surface area contributed by atoms with E-state index in [1.165, 1.54) is 29.2 Å². The molecule has 1 aromatic heterocycles. The van der Waals surface area contributed by atoms with Crippen molar-refractivity contribution in [1.29, 1.82) is 0 Å². The fraction of sp³-hybridized carbons (Fsp3) is 0.0870. The summed E-state index contributed by atoms with van der Waals surface area (Å²) >= 11 is 0.613. The predicted octanol–water partition coefficient (Wildman–Crippen LogP) is 3.06. The summed E-state index contributed by atoms with van der Waals surface area (Å²) in [5.74, 6) is 0.894. The average Bonchev–Trinajstić information content (AvgIpc) is 3.12. The van der Waals surface area contributed by atoms with E-state index in [-0.39, 0.29) is 0 Å². The third-order valence-corrected chi connectivity index (χ3v) is 9.91. The molecular formula is C23H19NOSe2. The van der Waals surface area contributed by atoms with Crippen LogP contribution in [-0.2, 0) is 6.42 Å². The van der Waals surface area contributed by atoms with E-state index in [2.05, 4.69) is 72.8 Å². The Bertz CT molecular complexity index is 996. The van der Waals surface area contributed by atoms with Gasteiger partial charge in [-0.1, -0.05) is 0 Å². The van der Waals surface area contributed by atoms with Crippen molar-refractivity contribution in [3.8, 4) is 15.9 Å². The summed E-state index contributed by atoms with van der Waals surface area (Å²) in [4.78, 5) is 5.08. The van der Waals surface area contributed by atoms with Crippen molar-refractivity contribution in [3.63, 3.8) is 0 Å². The fourth-order valence-electron chi connectivity index (χ4n) is 2.77. The number of hydrogen-bond acceptors (Lipinski definition) is 2. The summed E-state index contributed by atoms with van der Waals surface area (Å²) in [6, 6.07) is 29.7. The molecule has 27 heavy (non-hydrogen) atoms. The van der Waals surface area contributed by atoms with E-state index in [1.54, 1.807) is 7.11 Å². The number of methoxy groups -OCH3 is 1. The molecule has 0 saturated carbocycles. The van der Waals surface area contributed by atoms with Gasteiger partial charge >= 0.3 is 173 Å². The van der Waals surface area contributed by atoms with Crippen molar-refractivity contribution in [1.82, 2.24) is 4.98 Å². The van der Waals surface area contributed by atoms with Crippen LogP contribution in [0.2, 0.25) is 0 Å². The number of rotatable bonds is 6.